The Kier molecular flexibility index (Phi) is 4.16. The molecule has 2 rings (SSSR count). The van der Waals surface area contributed by atoms with E-state index < -0.39 is 17.0 Å². The van der Waals surface area contributed by atoms with Crippen molar-refractivity contribution in [2.75, 3.05) is 0 Å². The van der Waals surface area contributed by atoms with E-state index in [1.807, 2.05) is 13.8 Å². The van der Waals surface area contributed by atoms with E-state index in [9.17, 15) is 9.50 Å². The number of pyridine rings is 1. The topological polar surface area (TPSA) is 60.2 Å². The number of hydrogen-bond acceptors (Lipinski definition) is 4. The van der Waals surface area contributed by atoms with Crippen LogP contribution in [-0.2, 0) is 4.65 Å². The van der Waals surface area contributed by atoms with Gasteiger partial charge in [-0.1, -0.05) is 0 Å². The van der Waals surface area contributed by atoms with Crippen LogP contribution in [0.4, 0.5) is 4.39 Å². The van der Waals surface area contributed by atoms with Crippen molar-refractivity contribution in [3.63, 3.8) is 0 Å². The van der Waals surface area contributed by atoms with E-state index in [0.717, 1.165) is 11.7 Å². The van der Waals surface area contributed by atoms with Crippen LogP contribution in [0.25, 0.3) is 5.69 Å². The first-order valence-electron chi connectivity index (χ1n) is 6.70. The van der Waals surface area contributed by atoms with Gasteiger partial charge in [0.05, 0.1) is 29.3 Å². The van der Waals surface area contributed by atoms with Gasteiger partial charge in [0.25, 0.3) is 0 Å². The Labute approximate surface area is 124 Å². The highest BCUT2D eigenvalue weighted by Crippen LogP contribution is 2.24. The summed E-state index contributed by atoms with van der Waals surface area (Å²) in [6.45, 7) is 7.06. The lowest BCUT2D eigenvalue weighted by Crippen LogP contribution is -2.49. The first kappa shape index (κ1) is 15.7. The molecule has 112 valence electrons. The number of nitrogens with zero attached hydrogens (tertiary/aromatic N) is 3. The van der Waals surface area contributed by atoms with Crippen molar-refractivity contribution in [3.05, 3.63) is 36.7 Å². The Balaban J connectivity index is 2.08. The normalized spacial score (nSPS) is 12.5. The van der Waals surface area contributed by atoms with Crippen molar-refractivity contribution in [3.8, 4) is 5.69 Å². The van der Waals surface area contributed by atoms with Crippen molar-refractivity contribution in [1.29, 1.82) is 0 Å². The minimum absolute atomic E-state index is 0.305. The first-order valence-corrected chi connectivity index (χ1v) is 6.70. The van der Waals surface area contributed by atoms with Gasteiger partial charge in [-0.3, -0.25) is 4.98 Å². The zero-order valence-electron chi connectivity index (χ0n) is 12.7. The van der Waals surface area contributed by atoms with Crippen LogP contribution in [0.15, 0.2) is 30.9 Å². The van der Waals surface area contributed by atoms with Crippen LogP contribution in [0.5, 0.6) is 0 Å². The zero-order valence-corrected chi connectivity index (χ0v) is 12.7. The fourth-order valence-corrected chi connectivity index (χ4v) is 1.54. The first-order chi connectivity index (χ1) is 9.69. The van der Waals surface area contributed by atoms with Crippen molar-refractivity contribution >= 4 is 12.9 Å². The second kappa shape index (κ2) is 5.58. The number of hydrogen-bond donors (Lipinski definition) is 1. The average molecular weight is 291 g/mol. The molecule has 0 bridgehead atoms. The van der Waals surface area contributed by atoms with Gasteiger partial charge in [0, 0.05) is 18.5 Å². The Morgan fingerprint density at radius 2 is 1.95 bits per heavy atom. The molecule has 0 aromatic carbocycles. The van der Waals surface area contributed by atoms with Gasteiger partial charge in [-0.25, -0.2) is 9.07 Å². The van der Waals surface area contributed by atoms with Gasteiger partial charge in [-0.2, -0.15) is 5.10 Å². The van der Waals surface area contributed by atoms with Gasteiger partial charge in [-0.15, -0.1) is 0 Å². The van der Waals surface area contributed by atoms with Crippen LogP contribution in [0, 0.1) is 5.82 Å². The van der Waals surface area contributed by atoms with Crippen LogP contribution in [0.1, 0.15) is 27.7 Å². The summed E-state index contributed by atoms with van der Waals surface area (Å²) in [5, 5.41) is 14.2. The minimum atomic E-state index is -0.963. The predicted molar refractivity (Wildman–Crippen MR) is 79.6 cm³/mol. The fraction of sp³-hybridized carbons (Fsp3) is 0.429. The molecule has 2 aromatic rings. The molecular formula is C14H19BFN3O2. The van der Waals surface area contributed by atoms with Crippen molar-refractivity contribution in [2.24, 2.45) is 0 Å². The third-order valence-corrected chi connectivity index (χ3v) is 3.66. The third-order valence-electron chi connectivity index (χ3n) is 3.66. The molecule has 0 aliphatic heterocycles. The summed E-state index contributed by atoms with van der Waals surface area (Å²) < 4.78 is 20.4. The molecule has 0 aliphatic rings. The number of aliphatic hydroxyl groups is 1. The molecule has 0 spiro atoms. The maximum Gasteiger partial charge on any atom is 0.312 e. The number of rotatable bonds is 5. The Morgan fingerprint density at radius 1 is 1.24 bits per heavy atom. The molecule has 2 aromatic heterocycles. The van der Waals surface area contributed by atoms with Gasteiger partial charge in [-0.05, 0) is 33.2 Å². The maximum absolute atomic E-state index is 13.1. The quantitative estimate of drug-likeness (QED) is 0.833. The molecule has 0 atom stereocenters. The molecule has 2 heterocycles. The van der Waals surface area contributed by atoms with E-state index in [-0.39, 0.29) is 0 Å². The fourth-order valence-electron chi connectivity index (χ4n) is 1.54. The van der Waals surface area contributed by atoms with Crippen molar-refractivity contribution in [2.45, 2.75) is 38.9 Å². The minimum Gasteiger partial charge on any atom is -0.427 e. The summed E-state index contributed by atoms with van der Waals surface area (Å²) in [6, 6.07) is 1.35. The predicted octanol–water partition coefficient (Wildman–Crippen LogP) is 0.949. The average Bonchev–Trinajstić information content (AvgIpc) is 2.84. The van der Waals surface area contributed by atoms with Crippen LogP contribution in [0.3, 0.4) is 0 Å². The molecule has 0 unspecified atom stereocenters. The molecule has 7 heteroatoms. The lowest BCUT2D eigenvalue weighted by molar-refractivity contribution is -0.0893. The van der Waals surface area contributed by atoms with Crippen LogP contribution < -0.4 is 5.46 Å². The van der Waals surface area contributed by atoms with E-state index >= 15 is 0 Å². The Morgan fingerprint density at radius 3 is 2.57 bits per heavy atom. The third kappa shape index (κ3) is 3.68. The highest BCUT2D eigenvalue weighted by atomic mass is 19.1. The molecular weight excluding hydrogens is 272 g/mol. The SMILES string of the molecule is CC(C)(O)C(C)(C)OBc1cnn(-c2cncc(F)c2)c1. The van der Waals surface area contributed by atoms with E-state index in [0.29, 0.717) is 13.2 Å². The van der Waals surface area contributed by atoms with Crippen molar-refractivity contribution in [1.82, 2.24) is 14.8 Å². The molecule has 0 fully saturated rings. The lowest BCUT2D eigenvalue weighted by atomic mass is 9.84. The van der Waals surface area contributed by atoms with Gasteiger partial charge in [0.1, 0.15) is 5.82 Å². The van der Waals surface area contributed by atoms with Gasteiger partial charge >= 0.3 is 7.48 Å². The summed E-state index contributed by atoms with van der Waals surface area (Å²) in [6.07, 6.45) is 6.06. The summed E-state index contributed by atoms with van der Waals surface area (Å²) >= 11 is 0. The highest BCUT2D eigenvalue weighted by Gasteiger charge is 2.35. The van der Waals surface area contributed by atoms with Gasteiger partial charge < -0.3 is 9.76 Å². The maximum atomic E-state index is 13.1. The van der Waals surface area contributed by atoms with E-state index in [2.05, 4.69) is 10.1 Å². The lowest BCUT2D eigenvalue weighted by Gasteiger charge is -2.37. The summed E-state index contributed by atoms with van der Waals surface area (Å²) in [5.41, 5.74) is -0.287. The summed E-state index contributed by atoms with van der Waals surface area (Å²) in [4.78, 5) is 3.79. The largest absolute Gasteiger partial charge is 0.427 e. The number of aromatic nitrogens is 3. The van der Waals surface area contributed by atoms with Crippen LogP contribution in [0.2, 0.25) is 0 Å². The smallest absolute Gasteiger partial charge is 0.312 e. The summed E-state index contributed by atoms with van der Waals surface area (Å²) in [7, 11) is 0.305. The van der Waals surface area contributed by atoms with E-state index in [1.54, 1.807) is 26.2 Å². The van der Waals surface area contributed by atoms with Crippen LogP contribution in [-0.4, -0.2) is 38.6 Å². The molecule has 0 amide bonds. The van der Waals surface area contributed by atoms with Gasteiger partial charge in [0.15, 0.2) is 0 Å². The zero-order chi connectivity index (χ0) is 15.7. The molecule has 0 saturated carbocycles. The van der Waals surface area contributed by atoms with E-state index in [4.69, 9.17) is 4.65 Å². The highest BCUT2D eigenvalue weighted by molar-refractivity contribution is 6.46. The standard InChI is InChI=1S/C14H19BFN3O2/c1-13(2,20)14(3,4)21-15-10-6-18-19(9-10)12-5-11(16)7-17-8-12/h5-9,15,20H,1-4H3. The number of halogens is 1. The second-order valence-electron chi connectivity index (χ2n) is 6.01. The second-order valence-corrected chi connectivity index (χ2v) is 6.01. The molecule has 1 N–H and O–H groups in total. The summed E-state index contributed by atoms with van der Waals surface area (Å²) in [5.74, 6) is -0.413. The van der Waals surface area contributed by atoms with Gasteiger partial charge in [0.2, 0.25) is 0 Å². The van der Waals surface area contributed by atoms with E-state index in [1.165, 1.54) is 16.9 Å². The molecule has 0 aliphatic carbocycles. The molecule has 5 nitrogen and oxygen atoms in total. The molecule has 0 radical (unpaired) electrons. The monoisotopic (exact) mass is 291 g/mol. The molecule has 21 heavy (non-hydrogen) atoms. The Bertz CT molecular complexity index is 623. The van der Waals surface area contributed by atoms with Crippen LogP contribution >= 0.6 is 0 Å². The molecule has 0 saturated heterocycles. The Hall–Kier alpha value is -1.73. The van der Waals surface area contributed by atoms with Crippen molar-refractivity contribution < 1.29 is 14.2 Å².